The van der Waals surface area contributed by atoms with Crippen LogP contribution in [-0.2, 0) is 83.3 Å². The Bertz CT molecular complexity index is 3040. The van der Waals surface area contributed by atoms with Gasteiger partial charge in [0.15, 0.2) is 23.1 Å². The number of rotatable bonds is 59. The minimum Gasteiger partial charge on any atom is -0.445 e. The molecular weight excluding hydrogens is 1510 g/mol. The largest absolute Gasteiger partial charge is 0.445 e. The number of alkyl carbamates (subject to hydrolysis) is 1. The highest BCUT2D eigenvalue weighted by Gasteiger charge is 2.35. The average molecular weight is 1670 g/mol. The Labute approximate surface area is 705 Å². The predicted octanol–water partition coefficient (Wildman–Crippen LogP) is 10.6. The second kappa shape index (κ2) is 65.8. The fourth-order valence-electron chi connectivity index (χ4n) is 13.1. The van der Waals surface area contributed by atoms with Gasteiger partial charge in [0.25, 0.3) is 0 Å². The van der Waals surface area contributed by atoms with Gasteiger partial charge in [-0.2, -0.15) is 11.8 Å². The number of nitrogens with one attached hydrogen (secondary N) is 8. The zero-order valence-corrected chi connectivity index (χ0v) is 76.0. The van der Waals surface area contributed by atoms with Crippen molar-refractivity contribution in [3.63, 3.8) is 0 Å². The van der Waals surface area contributed by atoms with Gasteiger partial charge in [-0.05, 0) is 148 Å². The van der Waals surface area contributed by atoms with Crippen molar-refractivity contribution in [3.8, 4) is 0 Å². The summed E-state index contributed by atoms with van der Waals surface area (Å²) >= 11 is 1.61. The Hall–Kier alpha value is -8.04. The van der Waals surface area contributed by atoms with Crippen molar-refractivity contribution in [2.24, 2.45) is 76.7 Å². The van der Waals surface area contributed by atoms with Gasteiger partial charge in [-0.15, -0.1) is 0 Å². The molecule has 668 valence electrons. The number of amides is 8. The molecule has 0 aliphatic heterocycles. The van der Waals surface area contributed by atoms with Gasteiger partial charge >= 0.3 is 6.09 Å². The molecule has 1 rings (SSSR count). The lowest BCUT2D eigenvalue weighted by Crippen LogP contribution is -2.45. The maximum atomic E-state index is 13.1. The van der Waals surface area contributed by atoms with Crippen LogP contribution in [0.25, 0.3) is 0 Å². The summed E-state index contributed by atoms with van der Waals surface area (Å²) in [5.74, 6) is -1.73. The third kappa shape index (κ3) is 59.3. The number of benzene rings is 1. The molecule has 0 aliphatic carbocycles. The molecule has 0 unspecified atom stereocenters. The zero-order chi connectivity index (χ0) is 90.0. The summed E-state index contributed by atoms with van der Waals surface area (Å²) in [5, 5.41) is 27.3. The SMILES string of the molecule is CC(=O)N[C@@H](CC(C)C)C(=O)C[C@@H](CC(C)C)C(=O)N[C@H](C=O)CCCCC(N)=[NH2+].CCCC[C@@H](C=O)NC(=O)[C@@H](CC(=O)[C@H](CC(C)C)NC(C)=O)CC(C)C.CCC[C@@H](C=O)NC(=O)[C@@H](CC(=O)[C@H](CC(C)C)NC(=O)OCc1ccccc1)CC(C)C.CSCC[C@@H](C=O)NC(=O)[C@@H](CC(=O)[C@H](CC(C)C)NC(C)=O)CC(C)C. The quantitative estimate of drug-likeness (QED) is 0.0125. The van der Waals surface area contributed by atoms with Crippen LogP contribution in [0, 0.1) is 71.0 Å². The minimum atomic E-state index is -0.742. The fourth-order valence-corrected chi connectivity index (χ4v) is 13.6. The lowest BCUT2D eigenvalue weighted by Gasteiger charge is -2.24. The van der Waals surface area contributed by atoms with Gasteiger partial charge in [-0.1, -0.05) is 181 Å². The van der Waals surface area contributed by atoms with Gasteiger partial charge < -0.3 is 66.4 Å². The van der Waals surface area contributed by atoms with Gasteiger partial charge in [0, 0.05) is 76.5 Å². The van der Waals surface area contributed by atoms with Gasteiger partial charge in [0.05, 0.1) is 48.3 Å². The number of ketones is 4. The fraction of sp³-hybridized carbons (Fsp3) is 0.742. The van der Waals surface area contributed by atoms with E-state index in [9.17, 15) is 76.7 Å². The molecule has 0 aliphatic rings. The highest BCUT2D eigenvalue weighted by molar-refractivity contribution is 7.98. The molecule has 0 spiro atoms. The maximum absolute atomic E-state index is 13.1. The molecule has 0 saturated carbocycles. The normalized spacial score (nSPS) is 14.2. The van der Waals surface area contributed by atoms with Crippen LogP contribution in [0.1, 0.15) is 292 Å². The van der Waals surface area contributed by atoms with E-state index in [0.29, 0.717) is 95.7 Å². The third-order valence-electron chi connectivity index (χ3n) is 18.6. The van der Waals surface area contributed by atoms with Crippen molar-refractivity contribution < 1.29 is 86.9 Å². The number of aldehydes is 4. The van der Waals surface area contributed by atoms with E-state index in [1.165, 1.54) is 20.8 Å². The summed E-state index contributed by atoms with van der Waals surface area (Å²) in [5.41, 5.74) is 6.29. The van der Waals surface area contributed by atoms with E-state index >= 15 is 0 Å². The topological polar surface area (TPSA) is 430 Å². The molecule has 8 amide bonds. The first kappa shape index (κ1) is 113. The second-order valence-corrected chi connectivity index (χ2v) is 35.5. The summed E-state index contributed by atoms with van der Waals surface area (Å²) in [6.45, 7) is 40.0. The number of hydrogen-bond acceptors (Lipinski definition) is 18. The van der Waals surface area contributed by atoms with Crippen LogP contribution >= 0.6 is 11.8 Å². The third-order valence-corrected chi connectivity index (χ3v) is 19.3. The Balaban J connectivity index is -0.00000149. The van der Waals surface area contributed by atoms with E-state index in [1.807, 2.05) is 161 Å². The molecule has 12 atom stereocenters. The molecular formula is C89H155N10O17S+. The highest BCUT2D eigenvalue weighted by atomic mass is 32.2. The van der Waals surface area contributed by atoms with Crippen LogP contribution in [0.3, 0.4) is 0 Å². The molecule has 0 aromatic heterocycles. The van der Waals surface area contributed by atoms with E-state index in [2.05, 4.69) is 42.5 Å². The van der Waals surface area contributed by atoms with Crippen molar-refractivity contribution in [1.82, 2.24) is 42.5 Å². The number of amidine groups is 1. The summed E-state index contributed by atoms with van der Waals surface area (Å²) < 4.78 is 5.28. The molecule has 0 heterocycles. The lowest BCUT2D eigenvalue weighted by atomic mass is 9.87. The maximum Gasteiger partial charge on any atom is 0.408 e. The minimum absolute atomic E-state index is 0.00192. The van der Waals surface area contributed by atoms with Gasteiger partial charge in [-0.25, -0.2) is 4.79 Å². The molecule has 28 heteroatoms. The first-order valence-corrected chi connectivity index (χ1v) is 44.0. The van der Waals surface area contributed by atoms with Crippen LogP contribution in [0.5, 0.6) is 0 Å². The Morgan fingerprint density at radius 1 is 0.385 bits per heavy atom. The van der Waals surface area contributed by atoms with E-state index in [-0.39, 0.29) is 144 Å². The molecule has 27 nitrogen and oxygen atoms in total. The molecule has 1 aromatic rings. The number of hydrogen-bond donors (Lipinski definition) is 10. The molecule has 1 aromatic carbocycles. The van der Waals surface area contributed by atoms with Crippen molar-refractivity contribution in [1.29, 1.82) is 0 Å². The van der Waals surface area contributed by atoms with Crippen molar-refractivity contribution in [2.45, 2.75) is 342 Å². The number of unbranched alkanes of at least 4 members (excludes halogenated alkanes) is 2. The van der Waals surface area contributed by atoms with Crippen LogP contribution in [0.2, 0.25) is 0 Å². The number of carbonyl (C=O) groups is 16. The van der Waals surface area contributed by atoms with E-state index in [1.54, 1.807) is 11.8 Å². The number of Topliss-reactive ketones (excluding diaryl/α,β-unsaturated/α-hetero) is 4. The van der Waals surface area contributed by atoms with E-state index in [0.717, 1.165) is 62.1 Å². The predicted molar refractivity (Wildman–Crippen MR) is 463 cm³/mol. The molecule has 12 N–H and O–H groups in total. The number of thioether (sulfide) groups is 1. The Kier molecular flexibility index (Phi) is 63.7. The zero-order valence-electron chi connectivity index (χ0n) is 75.2. The van der Waals surface area contributed by atoms with Crippen LogP contribution in [-0.4, -0.2) is 162 Å². The number of nitrogens with two attached hydrogens (primary N) is 2. The Morgan fingerprint density at radius 3 is 0.923 bits per heavy atom. The molecule has 0 radical (unpaired) electrons. The summed E-state index contributed by atoms with van der Waals surface area (Å²) in [6.07, 6.45) is 15.5. The van der Waals surface area contributed by atoms with Crippen molar-refractivity contribution in [2.75, 3.05) is 12.0 Å². The first-order valence-electron chi connectivity index (χ1n) is 42.6. The van der Waals surface area contributed by atoms with E-state index < -0.39 is 78.1 Å². The Morgan fingerprint density at radius 2 is 0.667 bits per heavy atom. The smallest absolute Gasteiger partial charge is 0.408 e. The molecule has 0 saturated heterocycles. The highest BCUT2D eigenvalue weighted by Crippen LogP contribution is 2.25. The van der Waals surface area contributed by atoms with Crippen molar-refractivity contribution >= 4 is 113 Å². The molecule has 117 heavy (non-hydrogen) atoms. The lowest BCUT2D eigenvalue weighted by molar-refractivity contribution is -0.133. The monoisotopic (exact) mass is 1670 g/mol. The molecule has 0 fully saturated rings. The van der Waals surface area contributed by atoms with Crippen LogP contribution < -0.4 is 53.7 Å². The van der Waals surface area contributed by atoms with Gasteiger partial charge in [0.1, 0.15) is 31.8 Å². The number of carbonyl (C=O) groups excluding carboxylic acids is 16. The summed E-state index contributed by atoms with van der Waals surface area (Å²) in [6, 6.07) is 4.59. The summed E-state index contributed by atoms with van der Waals surface area (Å²) in [4.78, 5) is 194. The number of ether oxygens (including phenoxy) is 1. The average Bonchev–Trinajstić information content (AvgIpc) is 0.898. The van der Waals surface area contributed by atoms with Gasteiger partial charge in [0.2, 0.25) is 47.2 Å². The standard InChI is InChI=1S/C26H40N2O5.C22H40N4O4.C21H38N2O4.C20H36N2O4S/c1-6-10-22(16-29)27-25(31)21(13-18(2)3)15-24(30)23(14-19(4)5)28-26(32)33-17-20-11-8-7-9-12-20;1-14(2)10-17(12-20(29)19(11-15(3)4)25-16(5)28)22(30)26-18(13-27)8-6-7-9-21(23)24;1-7-8-9-18(13-24)23-21(27)17(10-14(2)3)12-20(26)19(11-15(4)5)22-16(6)25;1-13(2)9-16(20(26)22-17(12-23)7-8-27-6)11-19(25)18(10-14(3)4)21-15(5)24/h7-9,11-12,16,18-19,21-23H,6,10,13-15,17H2,1-5H3,(H,27,31)(H,28,32);13-15,17-19H,6-12H2,1-5H3,(H3,23,24)(H,25,28)(H,26,30);13-15,17-19H,7-12H2,1-6H3,(H,22,25)(H,23,27);12-14,16-18H,7-11H2,1-6H3,(H,21,24)(H,22,26)/p+1/t21-,22+,23+;2*17-,18+,19+;16-,17+,18+/m1111/s1. The van der Waals surface area contributed by atoms with Crippen molar-refractivity contribution in [3.05, 3.63) is 35.9 Å². The van der Waals surface area contributed by atoms with Crippen LogP contribution in [0.15, 0.2) is 30.3 Å². The van der Waals surface area contributed by atoms with E-state index in [4.69, 9.17) is 15.9 Å². The van der Waals surface area contributed by atoms with Gasteiger partial charge in [-0.3, -0.25) is 63.9 Å². The molecule has 0 bridgehead atoms. The first-order chi connectivity index (χ1) is 54.8. The second-order valence-electron chi connectivity index (χ2n) is 34.6. The summed E-state index contributed by atoms with van der Waals surface area (Å²) in [7, 11) is 0. The van der Waals surface area contributed by atoms with Crippen LogP contribution in [0.4, 0.5) is 4.79 Å².